The van der Waals surface area contributed by atoms with Gasteiger partial charge in [-0.2, -0.15) is 0 Å². The Bertz CT molecular complexity index is 313. The third kappa shape index (κ3) is 3.08. The van der Waals surface area contributed by atoms with Crippen LogP contribution in [0.15, 0.2) is 18.3 Å². The molecule has 82 valence electrons. The van der Waals surface area contributed by atoms with Gasteiger partial charge in [-0.05, 0) is 18.1 Å². The normalized spacial score (nSPS) is 20.5. The molecule has 2 heterocycles. The minimum absolute atomic E-state index is 0.491. The van der Waals surface area contributed by atoms with Crippen LogP contribution in [0.25, 0.3) is 0 Å². The minimum Gasteiger partial charge on any atom is -0.477 e. The van der Waals surface area contributed by atoms with E-state index in [9.17, 15) is 0 Å². The zero-order valence-electron chi connectivity index (χ0n) is 8.49. The molecule has 0 aromatic carbocycles. The van der Waals surface area contributed by atoms with Crippen molar-refractivity contribution in [1.82, 2.24) is 4.98 Å². The van der Waals surface area contributed by atoms with E-state index >= 15 is 0 Å². The number of halogens is 1. The number of pyridine rings is 1. The number of alkyl halides is 1. The quantitative estimate of drug-likeness (QED) is 0.740. The van der Waals surface area contributed by atoms with Gasteiger partial charge in [0.25, 0.3) is 0 Å². The number of hydrogen-bond donors (Lipinski definition) is 0. The maximum Gasteiger partial charge on any atom is 0.213 e. The van der Waals surface area contributed by atoms with E-state index in [1.165, 1.54) is 0 Å². The van der Waals surface area contributed by atoms with Gasteiger partial charge in [0.2, 0.25) is 5.88 Å². The van der Waals surface area contributed by atoms with Crippen LogP contribution < -0.4 is 4.74 Å². The second-order valence-corrected chi connectivity index (χ2v) is 3.94. The molecule has 0 aliphatic carbocycles. The SMILES string of the molecule is ClCc1ccnc(OCC2CCOC2)c1. The molecule has 2 rings (SSSR count). The Kier molecular flexibility index (Phi) is 3.80. The van der Waals surface area contributed by atoms with Gasteiger partial charge in [0.05, 0.1) is 13.2 Å². The van der Waals surface area contributed by atoms with E-state index in [-0.39, 0.29) is 0 Å². The van der Waals surface area contributed by atoms with Gasteiger partial charge in [-0.25, -0.2) is 4.98 Å². The highest BCUT2D eigenvalue weighted by molar-refractivity contribution is 6.17. The summed E-state index contributed by atoms with van der Waals surface area (Å²) >= 11 is 5.72. The number of ether oxygens (including phenoxy) is 2. The highest BCUT2D eigenvalue weighted by Crippen LogP contribution is 2.16. The zero-order valence-corrected chi connectivity index (χ0v) is 9.24. The van der Waals surface area contributed by atoms with Crippen LogP contribution in [0, 0.1) is 5.92 Å². The summed E-state index contributed by atoms with van der Waals surface area (Å²) in [5.41, 5.74) is 1.03. The molecule has 3 nitrogen and oxygen atoms in total. The number of rotatable bonds is 4. The van der Waals surface area contributed by atoms with Crippen molar-refractivity contribution in [1.29, 1.82) is 0 Å². The van der Waals surface area contributed by atoms with Crippen molar-refractivity contribution >= 4 is 11.6 Å². The van der Waals surface area contributed by atoms with Crippen LogP contribution in [0.4, 0.5) is 0 Å². The molecule has 1 aliphatic heterocycles. The molecule has 1 unspecified atom stereocenters. The van der Waals surface area contributed by atoms with Gasteiger partial charge < -0.3 is 9.47 Å². The summed E-state index contributed by atoms with van der Waals surface area (Å²) in [5, 5.41) is 0. The van der Waals surface area contributed by atoms with Crippen LogP contribution in [0.1, 0.15) is 12.0 Å². The highest BCUT2D eigenvalue weighted by Gasteiger charge is 2.16. The van der Waals surface area contributed by atoms with Crippen molar-refractivity contribution in [3.05, 3.63) is 23.9 Å². The van der Waals surface area contributed by atoms with Crippen LogP contribution in [0.5, 0.6) is 5.88 Å². The van der Waals surface area contributed by atoms with Gasteiger partial charge in [0, 0.05) is 30.7 Å². The molecule has 0 N–H and O–H groups in total. The lowest BCUT2D eigenvalue weighted by molar-refractivity contribution is 0.165. The molecule has 0 amide bonds. The molecule has 1 atom stereocenters. The largest absolute Gasteiger partial charge is 0.477 e. The summed E-state index contributed by atoms with van der Waals surface area (Å²) in [6, 6.07) is 3.77. The summed E-state index contributed by atoms with van der Waals surface area (Å²) in [4.78, 5) is 4.13. The molecule has 0 spiro atoms. The summed E-state index contributed by atoms with van der Waals surface area (Å²) in [5.74, 6) is 1.65. The molecule has 15 heavy (non-hydrogen) atoms. The lowest BCUT2D eigenvalue weighted by Gasteiger charge is -2.09. The van der Waals surface area contributed by atoms with E-state index < -0.39 is 0 Å². The molecule has 1 aromatic rings. The van der Waals surface area contributed by atoms with Crippen molar-refractivity contribution in [3.63, 3.8) is 0 Å². The molecule has 4 heteroatoms. The first-order valence-electron chi connectivity index (χ1n) is 5.10. The first kappa shape index (κ1) is 10.7. The zero-order chi connectivity index (χ0) is 10.5. The predicted octanol–water partition coefficient (Wildman–Crippen LogP) is 2.24. The first-order chi connectivity index (χ1) is 7.38. The Hall–Kier alpha value is -0.800. The molecule has 0 bridgehead atoms. The Balaban J connectivity index is 1.86. The Morgan fingerprint density at radius 3 is 3.27 bits per heavy atom. The minimum atomic E-state index is 0.491. The number of hydrogen-bond acceptors (Lipinski definition) is 3. The average Bonchev–Trinajstić information content (AvgIpc) is 2.79. The monoisotopic (exact) mass is 227 g/mol. The fourth-order valence-electron chi connectivity index (χ4n) is 1.53. The second-order valence-electron chi connectivity index (χ2n) is 3.68. The third-order valence-corrected chi connectivity index (χ3v) is 2.75. The second kappa shape index (κ2) is 5.33. The maximum atomic E-state index is 5.72. The smallest absolute Gasteiger partial charge is 0.213 e. The van der Waals surface area contributed by atoms with Gasteiger partial charge in [-0.15, -0.1) is 11.6 Å². The van der Waals surface area contributed by atoms with Crippen molar-refractivity contribution in [3.8, 4) is 5.88 Å². The Morgan fingerprint density at radius 2 is 2.53 bits per heavy atom. The fraction of sp³-hybridized carbons (Fsp3) is 0.545. The van der Waals surface area contributed by atoms with E-state index in [1.807, 2.05) is 12.1 Å². The van der Waals surface area contributed by atoms with Crippen molar-refractivity contribution < 1.29 is 9.47 Å². The van der Waals surface area contributed by atoms with E-state index in [4.69, 9.17) is 21.1 Å². The predicted molar refractivity (Wildman–Crippen MR) is 58.2 cm³/mol. The Labute approximate surface area is 94.4 Å². The van der Waals surface area contributed by atoms with Gasteiger partial charge in [0.1, 0.15) is 0 Å². The first-order valence-corrected chi connectivity index (χ1v) is 5.63. The molecule has 0 saturated carbocycles. The summed E-state index contributed by atoms with van der Waals surface area (Å²) in [6.45, 7) is 2.33. The topological polar surface area (TPSA) is 31.4 Å². The molecule has 1 aliphatic rings. The van der Waals surface area contributed by atoms with Crippen LogP contribution in [-0.2, 0) is 10.6 Å². The van der Waals surface area contributed by atoms with Gasteiger partial charge in [-0.1, -0.05) is 0 Å². The Morgan fingerprint density at radius 1 is 1.60 bits per heavy atom. The molecule has 1 fully saturated rings. The summed E-state index contributed by atoms with van der Waals surface area (Å²) in [7, 11) is 0. The van der Waals surface area contributed by atoms with Gasteiger partial charge in [-0.3, -0.25) is 0 Å². The number of nitrogens with zero attached hydrogens (tertiary/aromatic N) is 1. The van der Waals surface area contributed by atoms with Crippen LogP contribution >= 0.6 is 11.6 Å². The van der Waals surface area contributed by atoms with Crippen molar-refractivity contribution in [2.75, 3.05) is 19.8 Å². The van der Waals surface area contributed by atoms with Gasteiger partial charge >= 0.3 is 0 Å². The lowest BCUT2D eigenvalue weighted by Crippen LogP contribution is -2.12. The van der Waals surface area contributed by atoms with E-state index in [0.717, 1.165) is 25.2 Å². The molecule has 0 radical (unpaired) electrons. The number of aromatic nitrogens is 1. The molecular formula is C11H14ClNO2. The summed E-state index contributed by atoms with van der Waals surface area (Å²) in [6.07, 6.45) is 2.80. The maximum absolute atomic E-state index is 5.72. The van der Waals surface area contributed by atoms with Crippen molar-refractivity contribution in [2.45, 2.75) is 12.3 Å². The highest BCUT2D eigenvalue weighted by atomic mass is 35.5. The lowest BCUT2D eigenvalue weighted by atomic mass is 10.1. The summed E-state index contributed by atoms with van der Waals surface area (Å²) < 4.78 is 10.9. The molecule has 1 aromatic heterocycles. The van der Waals surface area contributed by atoms with E-state index in [1.54, 1.807) is 6.20 Å². The van der Waals surface area contributed by atoms with Crippen LogP contribution in [0.3, 0.4) is 0 Å². The van der Waals surface area contributed by atoms with Crippen molar-refractivity contribution in [2.24, 2.45) is 5.92 Å². The van der Waals surface area contributed by atoms with E-state index in [2.05, 4.69) is 4.98 Å². The van der Waals surface area contributed by atoms with Crippen LogP contribution in [-0.4, -0.2) is 24.8 Å². The third-order valence-electron chi connectivity index (χ3n) is 2.44. The molecule has 1 saturated heterocycles. The molecular weight excluding hydrogens is 214 g/mol. The average molecular weight is 228 g/mol. The standard InChI is InChI=1S/C11H14ClNO2/c12-6-9-1-3-13-11(5-9)15-8-10-2-4-14-7-10/h1,3,5,10H,2,4,6-8H2. The van der Waals surface area contributed by atoms with Crippen LogP contribution in [0.2, 0.25) is 0 Å². The van der Waals surface area contributed by atoms with E-state index in [0.29, 0.717) is 24.3 Å². The fourth-order valence-corrected chi connectivity index (χ4v) is 1.70. The van der Waals surface area contributed by atoms with Gasteiger partial charge in [0.15, 0.2) is 0 Å².